The van der Waals surface area contributed by atoms with Crippen LogP contribution in [-0.4, -0.2) is 36.0 Å². The number of pyridine rings is 1. The largest absolute Gasteiger partial charge is 0.497 e. The summed E-state index contributed by atoms with van der Waals surface area (Å²) >= 11 is 0. The van der Waals surface area contributed by atoms with Gasteiger partial charge in [0.1, 0.15) is 22.9 Å². The monoisotopic (exact) mass is 312 g/mol. The van der Waals surface area contributed by atoms with Crippen molar-refractivity contribution in [3.8, 4) is 17.2 Å². The zero-order valence-corrected chi connectivity index (χ0v) is 13.4. The van der Waals surface area contributed by atoms with Gasteiger partial charge in [-0.1, -0.05) is 6.92 Å². The van der Waals surface area contributed by atoms with Gasteiger partial charge in [-0.25, -0.2) is 4.98 Å². The summed E-state index contributed by atoms with van der Waals surface area (Å²) in [4.78, 5) is 18.4. The highest BCUT2D eigenvalue weighted by atomic mass is 16.5. The third-order valence-electron chi connectivity index (χ3n) is 3.96. The maximum atomic E-state index is 12.3. The fraction of sp³-hybridized carbons (Fsp3) is 0.333. The lowest BCUT2D eigenvalue weighted by molar-refractivity contribution is 0.0782. The summed E-state index contributed by atoms with van der Waals surface area (Å²) in [7, 11) is 1.62. The van der Waals surface area contributed by atoms with E-state index in [1.807, 2.05) is 29.2 Å². The Hall–Kier alpha value is -2.56. The van der Waals surface area contributed by atoms with Gasteiger partial charge in [-0.15, -0.1) is 0 Å². The number of carbonyl (C=O) groups excluding carboxylic acids is 1. The van der Waals surface area contributed by atoms with Gasteiger partial charge in [0, 0.05) is 13.1 Å². The number of aromatic nitrogens is 1. The number of rotatable bonds is 4. The molecule has 1 saturated heterocycles. The number of likely N-dealkylation sites (tertiary alicyclic amines) is 1. The molecule has 120 valence electrons. The van der Waals surface area contributed by atoms with Crippen molar-refractivity contribution < 1.29 is 14.3 Å². The van der Waals surface area contributed by atoms with Crippen molar-refractivity contribution in [1.29, 1.82) is 0 Å². The summed E-state index contributed by atoms with van der Waals surface area (Å²) in [5.74, 6) is 2.62. The van der Waals surface area contributed by atoms with Crippen molar-refractivity contribution in [2.45, 2.75) is 13.3 Å². The quantitative estimate of drug-likeness (QED) is 0.868. The molecule has 5 nitrogen and oxygen atoms in total. The topological polar surface area (TPSA) is 51.7 Å². The van der Waals surface area contributed by atoms with Crippen molar-refractivity contribution in [3.05, 3.63) is 48.3 Å². The highest BCUT2D eigenvalue weighted by Gasteiger charge is 2.24. The molecule has 3 rings (SSSR count). The molecule has 1 unspecified atom stereocenters. The minimum absolute atomic E-state index is 0.00894. The van der Waals surface area contributed by atoms with Crippen LogP contribution in [0.15, 0.2) is 42.6 Å². The van der Waals surface area contributed by atoms with Crippen LogP contribution in [0.3, 0.4) is 0 Å². The number of amides is 1. The van der Waals surface area contributed by atoms with Crippen LogP contribution >= 0.6 is 0 Å². The molecule has 1 aromatic carbocycles. The van der Waals surface area contributed by atoms with E-state index in [-0.39, 0.29) is 5.91 Å². The molecule has 1 amide bonds. The fourth-order valence-corrected chi connectivity index (χ4v) is 2.63. The van der Waals surface area contributed by atoms with Gasteiger partial charge in [-0.05, 0) is 48.7 Å². The normalized spacial score (nSPS) is 17.1. The zero-order valence-electron chi connectivity index (χ0n) is 13.4. The minimum Gasteiger partial charge on any atom is -0.497 e. The number of methoxy groups -OCH3 is 1. The van der Waals surface area contributed by atoms with Gasteiger partial charge in [0.2, 0.25) is 0 Å². The van der Waals surface area contributed by atoms with E-state index in [4.69, 9.17) is 9.47 Å². The highest BCUT2D eigenvalue weighted by molar-refractivity contribution is 5.92. The van der Waals surface area contributed by atoms with E-state index in [0.29, 0.717) is 23.1 Å². The first-order valence-corrected chi connectivity index (χ1v) is 7.73. The first-order valence-electron chi connectivity index (χ1n) is 7.73. The third-order valence-corrected chi connectivity index (χ3v) is 3.96. The van der Waals surface area contributed by atoms with E-state index in [0.717, 1.165) is 25.3 Å². The van der Waals surface area contributed by atoms with Crippen LogP contribution < -0.4 is 9.47 Å². The number of hydrogen-bond acceptors (Lipinski definition) is 4. The highest BCUT2D eigenvalue weighted by Crippen LogP contribution is 2.24. The molecule has 0 bridgehead atoms. The average molecular weight is 312 g/mol. The second-order valence-corrected chi connectivity index (χ2v) is 5.80. The van der Waals surface area contributed by atoms with E-state index in [1.165, 1.54) is 0 Å². The molecule has 2 aromatic rings. The second-order valence-electron chi connectivity index (χ2n) is 5.80. The molecular weight excluding hydrogens is 292 g/mol. The van der Waals surface area contributed by atoms with E-state index in [1.54, 1.807) is 25.4 Å². The Balaban J connectivity index is 1.65. The van der Waals surface area contributed by atoms with Crippen LogP contribution in [0.25, 0.3) is 0 Å². The molecule has 1 atom stereocenters. The molecule has 1 aromatic heterocycles. The summed E-state index contributed by atoms with van der Waals surface area (Å²) in [6.07, 6.45) is 2.64. The Bertz CT molecular complexity index is 668. The Labute approximate surface area is 135 Å². The number of hydrogen-bond donors (Lipinski definition) is 0. The molecule has 23 heavy (non-hydrogen) atoms. The Kier molecular flexibility index (Phi) is 4.46. The molecule has 2 heterocycles. The molecule has 1 fully saturated rings. The summed E-state index contributed by atoms with van der Waals surface area (Å²) in [5, 5.41) is 0. The predicted octanol–water partition coefficient (Wildman–Crippen LogP) is 3.36. The number of carbonyl (C=O) groups is 1. The molecule has 0 N–H and O–H groups in total. The molecule has 1 aliphatic rings. The first kappa shape index (κ1) is 15.3. The maximum Gasteiger partial charge on any atom is 0.272 e. The Morgan fingerprint density at radius 1 is 1.13 bits per heavy atom. The lowest BCUT2D eigenvalue weighted by Crippen LogP contribution is -2.29. The average Bonchev–Trinajstić information content (AvgIpc) is 3.02. The van der Waals surface area contributed by atoms with Crippen LogP contribution in [0.5, 0.6) is 17.2 Å². The summed E-state index contributed by atoms with van der Waals surface area (Å²) < 4.78 is 10.8. The summed E-state index contributed by atoms with van der Waals surface area (Å²) in [5.41, 5.74) is 0.459. The number of ether oxygens (including phenoxy) is 2. The fourth-order valence-electron chi connectivity index (χ4n) is 2.63. The smallest absolute Gasteiger partial charge is 0.272 e. The summed E-state index contributed by atoms with van der Waals surface area (Å²) in [6.45, 7) is 3.78. The van der Waals surface area contributed by atoms with Crippen LogP contribution in [0.4, 0.5) is 0 Å². The van der Waals surface area contributed by atoms with Gasteiger partial charge < -0.3 is 14.4 Å². The standard InChI is InChI=1S/C18H20N2O3/c1-13-9-10-20(12-13)18(21)17-8-7-16(11-19-17)23-15-5-3-14(22-2)4-6-15/h3-8,11,13H,9-10,12H2,1-2H3. The van der Waals surface area contributed by atoms with Crippen molar-refractivity contribution in [3.63, 3.8) is 0 Å². The van der Waals surface area contributed by atoms with E-state index < -0.39 is 0 Å². The van der Waals surface area contributed by atoms with Crippen LogP contribution in [-0.2, 0) is 0 Å². The van der Waals surface area contributed by atoms with Crippen molar-refractivity contribution in [1.82, 2.24) is 9.88 Å². The van der Waals surface area contributed by atoms with E-state index >= 15 is 0 Å². The van der Waals surface area contributed by atoms with Crippen LogP contribution in [0, 0.1) is 5.92 Å². The number of benzene rings is 1. The Morgan fingerprint density at radius 2 is 1.83 bits per heavy atom. The van der Waals surface area contributed by atoms with Crippen molar-refractivity contribution in [2.75, 3.05) is 20.2 Å². The van der Waals surface area contributed by atoms with Gasteiger partial charge in [0.15, 0.2) is 0 Å². The zero-order chi connectivity index (χ0) is 16.2. The van der Waals surface area contributed by atoms with Crippen LogP contribution in [0.1, 0.15) is 23.8 Å². The lowest BCUT2D eigenvalue weighted by Gasteiger charge is -2.15. The van der Waals surface area contributed by atoms with E-state index in [9.17, 15) is 4.79 Å². The van der Waals surface area contributed by atoms with Crippen LogP contribution in [0.2, 0.25) is 0 Å². The summed E-state index contributed by atoms with van der Waals surface area (Å²) in [6, 6.07) is 10.8. The first-order chi connectivity index (χ1) is 11.2. The van der Waals surface area contributed by atoms with E-state index in [2.05, 4.69) is 11.9 Å². The molecule has 0 aliphatic carbocycles. The number of nitrogens with zero attached hydrogens (tertiary/aromatic N) is 2. The van der Waals surface area contributed by atoms with Crippen molar-refractivity contribution >= 4 is 5.91 Å². The lowest BCUT2D eigenvalue weighted by atomic mass is 10.2. The van der Waals surface area contributed by atoms with Crippen molar-refractivity contribution in [2.24, 2.45) is 5.92 Å². The molecule has 5 heteroatoms. The third kappa shape index (κ3) is 3.62. The van der Waals surface area contributed by atoms with Gasteiger partial charge in [0.05, 0.1) is 13.3 Å². The Morgan fingerprint density at radius 3 is 2.39 bits per heavy atom. The van der Waals surface area contributed by atoms with Gasteiger partial charge in [-0.2, -0.15) is 0 Å². The molecule has 0 radical (unpaired) electrons. The molecule has 1 aliphatic heterocycles. The molecule has 0 spiro atoms. The second kappa shape index (κ2) is 6.69. The maximum absolute atomic E-state index is 12.3. The molecule has 0 saturated carbocycles. The molecular formula is C18H20N2O3. The van der Waals surface area contributed by atoms with Gasteiger partial charge >= 0.3 is 0 Å². The predicted molar refractivity (Wildman–Crippen MR) is 87.0 cm³/mol. The van der Waals surface area contributed by atoms with Gasteiger partial charge in [0.25, 0.3) is 5.91 Å². The minimum atomic E-state index is -0.00894. The van der Waals surface area contributed by atoms with Gasteiger partial charge in [-0.3, -0.25) is 4.79 Å². The SMILES string of the molecule is COc1ccc(Oc2ccc(C(=O)N3CCC(C)C3)nc2)cc1.